The first-order chi connectivity index (χ1) is 17.4. The molecule has 186 valence electrons. The number of nitrogens with one attached hydrogen (secondary N) is 1. The number of aromatic nitrogens is 3. The summed E-state index contributed by atoms with van der Waals surface area (Å²) in [5.74, 6) is -1.33. The average molecular weight is 495 g/mol. The van der Waals surface area contributed by atoms with Gasteiger partial charge in [-0.25, -0.2) is 33.3 Å². The van der Waals surface area contributed by atoms with Gasteiger partial charge in [0.2, 0.25) is 5.95 Å². The van der Waals surface area contributed by atoms with Crippen LogP contribution < -0.4 is 4.90 Å². The minimum absolute atomic E-state index is 0.325. The molecule has 0 saturated carbocycles. The van der Waals surface area contributed by atoms with E-state index in [4.69, 9.17) is 4.74 Å². The lowest BCUT2D eigenvalue weighted by Crippen LogP contribution is -2.52. The molecule has 1 aromatic carbocycles. The Kier molecular flexibility index (Phi) is 6.32. The van der Waals surface area contributed by atoms with Crippen LogP contribution in [0.15, 0.2) is 47.8 Å². The topological polar surface area (TPSA) is 107 Å². The van der Waals surface area contributed by atoms with Gasteiger partial charge in [0.15, 0.2) is 0 Å². The van der Waals surface area contributed by atoms with Gasteiger partial charge >= 0.3 is 12.0 Å². The SMILES string of the molecule is COC(=O)c1c[nH]c(-c2ccnc(N3CCN(C(=O)N4N=CCC4c4cc(F)cc(F)c4)CC3)n2)c1. The normalized spacial score (nSPS) is 17.5. The molecule has 1 N–H and O–H groups in total. The molecule has 2 aliphatic heterocycles. The van der Waals surface area contributed by atoms with E-state index in [0.717, 1.165) is 6.07 Å². The van der Waals surface area contributed by atoms with Gasteiger partial charge in [0, 0.05) is 57.3 Å². The maximum atomic E-state index is 13.7. The van der Waals surface area contributed by atoms with Crippen LogP contribution in [0.25, 0.3) is 11.4 Å². The number of anilines is 1. The number of hydrogen-bond donors (Lipinski definition) is 1. The highest BCUT2D eigenvalue weighted by atomic mass is 19.1. The Morgan fingerprint density at radius 2 is 1.83 bits per heavy atom. The number of halogens is 2. The highest BCUT2D eigenvalue weighted by Crippen LogP contribution is 2.30. The summed E-state index contributed by atoms with van der Waals surface area (Å²) in [4.78, 5) is 40.5. The molecule has 1 fully saturated rings. The lowest BCUT2D eigenvalue weighted by atomic mass is 10.0. The highest BCUT2D eigenvalue weighted by molar-refractivity contribution is 5.90. The quantitative estimate of drug-likeness (QED) is 0.557. The molecule has 4 heterocycles. The van der Waals surface area contributed by atoms with E-state index in [-0.39, 0.29) is 6.03 Å². The minimum atomic E-state index is -0.694. The van der Waals surface area contributed by atoms with Gasteiger partial charge in [0.05, 0.1) is 30.1 Å². The lowest BCUT2D eigenvalue weighted by Gasteiger charge is -2.37. The summed E-state index contributed by atoms with van der Waals surface area (Å²) in [5.41, 5.74) is 2.02. The smallest absolute Gasteiger partial charge is 0.341 e. The third kappa shape index (κ3) is 4.61. The van der Waals surface area contributed by atoms with Crippen LogP contribution in [0.2, 0.25) is 0 Å². The van der Waals surface area contributed by atoms with Crippen molar-refractivity contribution in [2.24, 2.45) is 5.10 Å². The number of hydrogen-bond acceptors (Lipinski definition) is 7. The summed E-state index contributed by atoms with van der Waals surface area (Å²) in [7, 11) is 1.32. The van der Waals surface area contributed by atoms with E-state index in [1.807, 2.05) is 4.90 Å². The fourth-order valence-corrected chi connectivity index (χ4v) is 4.31. The Morgan fingerprint density at radius 3 is 2.56 bits per heavy atom. The van der Waals surface area contributed by atoms with Crippen molar-refractivity contribution < 1.29 is 23.1 Å². The first kappa shape index (κ1) is 23.4. The molecule has 1 unspecified atom stereocenters. The summed E-state index contributed by atoms with van der Waals surface area (Å²) in [5, 5.41) is 5.45. The van der Waals surface area contributed by atoms with Crippen LogP contribution in [0.3, 0.4) is 0 Å². The van der Waals surface area contributed by atoms with E-state index < -0.39 is 23.6 Å². The van der Waals surface area contributed by atoms with Crippen LogP contribution in [0.1, 0.15) is 28.4 Å². The monoisotopic (exact) mass is 495 g/mol. The number of esters is 1. The number of urea groups is 1. The fraction of sp³-hybridized carbons (Fsp3) is 0.292. The third-order valence-electron chi connectivity index (χ3n) is 6.15. The molecule has 10 nitrogen and oxygen atoms in total. The molecular weight excluding hydrogens is 472 g/mol. The molecule has 1 atom stereocenters. The van der Waals surface area contributed by atoms with Gasteiger partial charge in [-0.05, 0) is 29.8 Å². The van der Waals surface area contributed by atoms with Gasteiger partial charge in [0.1, 0.15) is 11.6 Å². The number of H-pyrrole nitrogens is 1. The molecular formula is C24H23F2N7O3. The standard InChI is InChI=1S/C24H23F2N7O3/c1-36-22(34)16-12-20(28-14-16)19-2-4-27-23(30-19)31-6-8-32(9-7-31)24(35)33-21(3-5-29-33)15-10-17(25)13-18(26)11-15/h2,4-5,10-14,21,28H,3,6-9H2,1H3. The Balaban J connectivity index is 1.24. The maximum Gasteiger partial charge on any atom is 0.341 e. The number of carbonyl (C=O) groups excluding carboxylic acids is 2. The number of rotatable bonds is 4. The van der Waals surface area contributed by atoms with Crippen molar-refractivity contribution >= 4 is 24.2 Å². The van der Waals surface area contributed by atoms with E-state index in [1.54, 1.807) is 35.6 Å². The van der Waals surface area contributed by atoms with E-state index in [1.165, 1.54) is 24.3 Å². The second-order valence-electron chi connectivity index (χ2n) is 8.39. The number of aromatic amines is 1. The van der Waals surface area contributed by atoms with Gasteiger partial charge in [-0.15, -0.1) is 0 Å². The molecule has 0 spiro atoms. The van der Waals surface area contributed by atoms with Crippen LogP contribution >= 0.6 is 0 Å². The Hall–Kier alpha value is -4.35. The molecule has 2 aliphatic rings. The number of methoxy groups -OCH3 is 1. The van der Waals surface area contributed by atoms with E-state index >= 15 is 0 Å². The number of piperazine rings is 1. The number of amides is 2. The van der Waals surface area contributed by atoms with Crippen LogP contribution in [-0.4, -0.2) is 76.4 Å². The van der Waals surface area contributed by atoms with Crippen LogP contribution in [0, 0.1) is 11.6 Å². The third-order valence-corrected chi connectivity index (χ3v) is 6.15. The molecule has 0 bridgehead atoms. The first-order valence-electron chi connectivity index (χ1n) is 11.3. The molecule has 5 rings (SSSR count). The predicted octanol–water partition coefficient (Wildman–Crippen LogP) is 3.21. The van der Waals surface area contributed by atoms with Gasteiger partial charge in [-0.2, -0.15) is 5.10 Å². The Bertz CT molecular complexity index is 1300. The van der Waals surface area contributed by atoms with Gasteiger partial charge in [0.25, 0.3) is 0 Å². The summed E-state index contributed by atoms with van der Waals surface area (Å²) < 4.78 is 32.2. The molecule has 3 aromatic rings. The first-order valence-corrected chi connectivity index (χ1v) is 11.3. The van der Waals surface area contributed by atoms with Gasteiger partial charge < -0.3 is 19.5 Å². The Morgan fingerprint density at radius 1 is 1.08 bits per heavy atom. The molecule has 1 saturated heterocycles. The molecule has 0 radical (unpaired) electrons. The zero-order chi connectivity index (χ0) is 25.2. The number of ether oxygens (including phenoxy) is 1. The summed E-state index contributed by atoms with van der Waals surface area (Å²) in [6, 6.07) is 5.76. The largest absolute Gasteiger partial charge is 0.465 e. The minimum Gasteiger partial charge on any atom is -0.465 e. The van der Waals surface area contributed by atoms with Crippen molar-refractivity contribution in [1.82, 2.24) is 24.9 Å². The average Bonchev–Trinajstić information content (AvgIpc) is 3.58. The molecule has 2 aromatic heterocycles. The number of nitrogens with zero attached hydrogens (tertiary/aromatic N) is 6. The van der Waals surface area contributed by atoms with Crippen molar-refractivity contribution in [2.45, 2.75) is 12.5 Å². The Labute approximate surface area is 205 Å². The molecule has 0 aliphatic carbocycles. The molecule has 2 amide bonds. The van der Waals surface area contributed by atoms with Crippen molar-refractivity contribution in [3.8, 4) is 11.4 Å². The number of benzene rings is 1. The van der Waals surface area contributed by atoms with Gasteiger partial charge in [-0.1, -0.05) is 0 Å². The van der Waals surface area contributed by atoms with Crippen LogP contribution in [0.4, 0.5) is 19.5 Å². The maximum absolute atomic E-state index is 13.7. The zero-order valence-corrected chi connectivity index (χ0v) is 19.4. The second-order valence-corrected chi connectivity index (χ2v) is 8.39. The number of carbonyl (C=O) groups is 2. The van der Waals surface area contributed by atoms with E-state index in [9.17, 15) is 18.4 Å². The molecule has 36 heavy (non-hydrogen) atoms. The van der Waals surface area contributed by atoms with Crippen molar-refractivity contribution in [1.29, 1.82) is 0 Å². The van der Waals surface area contributed by atoms with E-state index in [2.05, 4.69) is 20.1 Å². The summed E-state index contributed by atoms with van der Waals surface area (Å²) >= 11 is 0. The van der Waals surface area contributed by atoms with Crippen LogP contribution in [0.5, 0.6) is 0 Å². The predicted molar refractivity (Wildman–Crippen MR) is 126 cm³/mol. The van der Waals surface area contributed by atoms with Crippen LogP contribution in [-0.2, 0) is 4.74 Å². The summed E-state index contributed by atoms with van der Waals surface area (Å²) in [6.45, 7) is 1.78. The fourth-order valence-electron chi connectivity index (χ4n) is 4.31. The lowest BCUT2D eigenvalue weighted by molar-refractivity contribution is 0.0601. The van der Waals surface area contributed by atoms with Gasteiger partial charge in [-0.3, -0.25) is 0 Å². The summed E-state index contributed by atoms with van der Waals surface area (Å²) in [6.07, 6.45) is 5.15. The highest BCUT2D eigenvalue weighted by Gasteiger charge is 2.34. The van der Waals surface area contributed by atoms with E-state index in [0.29, 0.717) is 61.1 Å². The van der Waals surface area contributed by atoms with Crippen molar-refractivity contribution in [3.05, 3.63) is 65.5 Å². The zero-order valence-electron chi connectivity index (χ0n) is 19.4. The number of hydrazone groups is 1. The molecule has 12 heteroatoms. The second kappa shape index (κ2) is 9.72. The van der Waals surface area contributed by atoms with Crippen molar-refractivity contribution in [2.75, 3.05) is 38.2 Å². The van der Waals surface area contributed by atoms with Crippen molar-refractivity contribution in [3.63, 3.8) is 0 Å².